The van der Waals surface area contributed by atoms with E-state index in [1.165, 1.54) is 6.20 Å². The van der Waals surface area contributed by atoms with Gasteiger partial charge in [-0.3, -0.25) is 10.1 Å². The lowest BCUT2D eigenvalue weighted by Gasteiger charge is -2.08. The van der Waals surface area contributed by atoms with Gasteiger partial charge in [-0.05, 0) is 12.5 Å². The fourth-order valence-electron chi connectivity index (χ4n) is 1.75. The molecule has 0 radical (unpaired) electrons. The number of hydrogen-bond acceptors (Lipinski definition) is 4. The predicted octanol–water partition coefficient (Wildman–Crippen LogP) is 3.13. The van der Waals surface area contributed by atoms with E-state index in [9.17, 15) is 10.1 Å². The van der Waals surface area contributed by atoms with Gasteiger partial charge in [-0.25, -0.2) is 4.98 Å². The van der Waals surface area contributed by atoms with Gasteiger partial charge in [-0.15, -0.1) is 6.58 Å². The van der Waals surface area contributed by atoms with Gasteiger partial charge in [-0.1, -0.05) is 24.3 Å². The lowest BCUT2D eigenvalue weighted by molar-refractivity contribution is -0.384. The quantitative estimate of drug-likeness (QED) is 0.379. The summed E-state index contributed by atoms with van der Waals surface area (Å²) in [5.41, 5.74) is 1.26. The highest BCUT2D eigenvalue weighted by molar-refractivity contribution is 5.95. The van der Waals surface area contributed by atoms with Crippen LogP contribution in [0.2, 0.25) is 0 Å². The predicted molar refractivity (Wildman–Crippen MR) is 71.7 cm³/mol. The Bertz CT molecular complexity index is 596. The average Bonchev–Trinajstić information content (AvgIpc) is 2.38. The summed E-state index contributed by atoms with van der Waals surface area (Å²) in [6.45, 7) is 4.23. The third-order valence-corrected chi connectivity index (χ3v) is 2.60. The molecule has 1 aromatic carbocycles. The first-order valence-corrected chi connectivity index (χ1v) is 5.61. The summed E-state index contributed by atoms with van der Waals surface area (Å²) in [4.78, 5) is 14.7. The van der Waals surface area contributed by atoms with E-state index in [1.54, 1.807) is 6.08 Å². The van der Waals surface area contributed by atoms with Crippen LogP contribution in [0.4, 0.5) is 11.4 Å². The number of benzene rings is 1. The molecule has 0 spiro atoms. The number of rotatable bonds is 5. The molecule has 2 rings (SSSR count). The molecular formula is C13H13N3O2. The normalized spacial score (nSPS) is 10.2. The summed E-state index contributed by atoms with van der Waals surface area (Å²) in [6, 6.07) is 7.35. The van der Waals surface area contributed by atoms with Gasteiger partial charge in [0.25, 0.3) is 0 Å². The zero-order chi connectivity index (χ0) is 13.0. The molecule has 0 unspecified atom stereocenters. The van der Waals surface area contributed by atoms with E-state index in [4.69, 9.17) is 0 Å². The second kappa shape index (κ2) is 5.27. The smallest absolute Gasteiger partial charge is 0.311 e. The van der Waals surface area contributed by atoms with E-state index >= 15 is 0 Å². The number of para-hydroxylation sites is 1. The molecule has 0 fully saturated rings. The van der Waals surface area contributed by atoms with Gasteiger partial charge in [-0.2, -0.15) is 0 Å². The van der Waals surface area contributed by atoms with Crippen LogP contribution in [0.25, 0.3) is 10.9 Å². The van der Waals surface area contributed by atoms with E-state index in [0.29, 0.717) is 12.2 Å². The Morgan fingerprint density at radius 1 is 1.44 bits per heavy atom. The molecule has 5 nitrogen and oxygen atoms in total. The fraction of sp³-hybridized carbons (Fsp3) is 0.154. The molecule has 2 aromatic rings. The number of hydrogen-bond donors (Lipinski definition) is 1. The standard InChI is InChI=1S/C13H13N3O2/c1-2-3-8-14-13-10-6-4-5-7-11(10)15-9-12(13)16(17)18/h2,4-7,9H,1,3,8H2,(H,14,15). The minimum atomic E-state index is -0.421. The molecule has 0 atom stereocenters. The average molecular weight is 243 g/mol. The van der Waals surface area contributed by atoms with Crippen LogP contribution >= 0.6 is 0 Å². The lowest BCUT2D eigenvalue weighted by atomic mass is 10.1. The summed E-state index contributed by atoms with van der Waals surface area (Å²) in [6.07, 6.45) is 3.80. The highest BCUT2D eigenvalue weighted by atomic mass is 16.6. The second-order valence-corrected chi connectivity index (χ2v) is 3.80. The van der Waals surface area contributed by atoms with Crippen LogP contribution in [-0.4, -0.2) is 16.5 Å². The minimum absolute atomic E-state index is 0.00207. The van der Waals surface area contributed by atoms with Gasteiger partial charge in [0.15, 0.2) is 0 Å². The summed E-state index contributed by atoms with van der Waals surface area (Å²) < 4.78 is 0. The van der Waals surface area contributed by atoms with Crippen molar-refractivity contribution in [3.05, 3.63) is 53.2 Å². The van der Waals surface area contributed by atoms with Gasteiger partial charge in [0.1, 0.15) is 11.9 Å². The van der Waals surface area contributed by atoms with Crippen molar-refractivity contribution in [2.75, 3.05) is 11.9 Å². The number of nitrogens with one attached hydrogen (secondary N) is 1. The Kier molecular flexibility index (Phi) is 3.52. The zero-order valence-electron chi connectivity index (χ0n) is 9.80. The molecule has 0 saturated heterocycles. The summed E-state index contributed by atoms with van der Waals surface area (Å²) >= 11 is 0. The van der Waals surface area contributed by atoms with Crippen molar-refractivity contribution in [3.8, 4) is 0 Å². The van der Waals surface area contributed by atoms with Crippen LogP contribution in [0.15, 0.2) is 43.1 Å². The maximum absolute atomic E-state index is 11.0. The van der Waals surface area contributed by atoms with Crippen LogP contribution in [0, 0.1) is 10.1 Å². The van der Waals surface area contributed by atoms with Crippen molar-refractivity contribution in [1.82, 2.24) is 4.98 Å². The molecule has 0 aliphatic rings. The van der Waals surface area contributed by atoms with Crippen molar-refractivity contribution < 1.29 is 4.92 Å². The van der Waals surface area contributed by atoms with Crippen LogP contribution in [0.5, 0.6) is 0 Å². The molecule has 1 N–H and O–H groups in total. The molecule has 1 heterocycles. The zero-order valence-corrected chi connectivity index (χ0v) is 9.80. The molecule has 0 saturated carbocycles. The van der Waals surface area contributed by atoms with Crippen LogP contribution in [0.1, 0.15) is 6.42 Å². The molecule has 5 heteroatoms. The molecular weight excluding hydrogens is 230 g/mol. The Balaban J connectivity index is 2.51. The molecule has 92 valence electrons. The molecule has 0 amide bonds. The Hall–Kier alpha value is -2.43. The molecule has 0 bridgehead atoms. The topological polar surface area (TPSA) is 68.1 Å². The highest BCUT2D eigenvalue weighted by Gasteiger charge is 2.17. The van der Waals surface area contributed by atoms with Crippen molar-refractivity contribution in [2.24, 2.45) is 0 Å². The van der Waals surface area contributed by atoms with Crippen LogP contribution in [0.3, 0.4) is 0 Å². The van der Waals surface area contributed by atoms with Crippen molar-refractivity contribution in [2.45, 2.75) is 6.42 Å². The maximum atomic E-state index is 11.0. The summed E-state index contributed by atoms with van der Waals surface area (Å²) in [7, 11) is 0. The third-order valence-electron chi connectivity index (χ3n) is 2.60. The molecule has 18 heavy (non-hydrogen) atoms. The van der Waals surface area contributed by atoms with Crippen LogP contribution < -0.4 is 5.32 Å². The third kappa shape index (κ3) is 2.29. The van der Waals surface area contributed by atoms with Crippen molar-refractivity contribution >= 4 is 22.3 Å². The van der Waals surface area contributed by atoms with E-state index in [-0.39, 0.29) is 5.69 Å². The van der Waals surface area contributed by atoms with E-state index in [1.807, 2.05) is 24.3 Å². The first kappa shape index (κ1) is 12.0. The molecule has 0 aliphatic carbocycles. The van der Waals surface area contributed by atoms with Crippen LogP contribution in [-0.2, 0) is 0 Å². The summed E-state index contributed by atoms with van der Waals surface area (Å²) in [5, 5.41) is 14.8. The Morgan fingerprint density at radius 2 is 2.22 bits per heavy atom. The minimum Gasteiger partial charge on any atom is -0.379 e. The SMILES string of the molecule is C=CCCNc1c([N+](=O)[O-])cnc2ccccc12. The highest BCUT2D eigenvalue weighted by Crippen LogP contribution is 2.31. The fourth-order valence-corrected chi connectivity index (χ4v) is 1.75. The number of pyridine rings is 1. The summed E-state index contributed by atoms with van der Waals surface area (Å²) in [5.74, 6) is 0. The van der Waals surface area contributed by atoms with Gasteiger partial charge in [0, 0.05) is 11.9 Å². The number of nitrogens with zero attached hydrogens (tertiary/aromatic N) is 2. The monoisotopic (exact) mass is 243 g/mol. The first-order valence-electron chi connectivity index (χ1n) is 5.61. The number of anilines is 1. The van der Waals surface area contributed by atoms with Gasteiger partial charge < -0.3 is 5.32 Å². The molecule has 1 aromatic heterocycles. The van der Waals surface area contributed by atoms with Crippen molar-refractivity contribution in [3.63, 3.8) is 0 Å². The Labute approximate surface area is 104 Å². The van der Waals surface area contributed by atoms with E-state index in [2.05, 4.69) is 16.9 Å². The first-order chi connectivity index (χ1) is 8.74. The number of nitro groups is 1. The van der Waals surface area contributed by atoms with E-state index < -0.39 is 4.92 Å². The van der Waals surface area contributed by atoms with Gasteiger partial charge in [0.2, 0.25) is 0 Å². The number of fused-ring (bicyclic) bond motifs is 1. The van der Waals surface area contributed by atoms with Crippen molar-refractivity contribution in [1.29, 1.82) is 0 Å². The van der Waals surface area contributed by atoms with E-state index in [0.717, 1.165) is 17.3 Å². The number of aromatic nitrogens is 1. The maximum Gasteiger partial charge on any atom is 0.311 e. The van der Waals surface area contributed by atoms with Gasteiger partial charge in [0.05, 0.1) is 10.4 Å². The molecule has 0 aliphatic heterocycles. The largest absolute Gasteiger partial charge is 0.379 e. The second-order valence-electron chi connectivity index (χ2n) is 3.80. The Morgan fingerprint density at radius 3 is 2.94 bits per heavy atom. The van der Waals surface area contributed by atoms with Gasteiger partial charge >= 0.3 is 5.69 Å². The lowest BCUT2D eigenvalue weighted by Crippen LogP contribution is -2.04.